The van der Waals surface area contributed by atoms with Gasteiger partial charge in [-0.05, 0) is 29.7 Å². The van der Waals surface area contributed by atoms with Crippen molar-refractivity contribution in [3.8, 4) is 18.1 Å². The number of amides is 2. The minimum Gasteiger partial charge on any atom is -0.481 e. The van der Waals surface area contributed by atoms with E-state index in [1.807, 2.05) is 24.3 Å². The van der Waals surface area contributed by atoms with Crippen molar-refractivity contribution in [2.24, 2.45) is 0 Å². The number of hydrogen-bond acceptors (Lipinski definition) is 3. The van der Waals surface area contributed by atoms with E-state index in [0.717, 1.165) is 11.1 Å². The van der Waals surface area contributed by atoms with Crippen LogP contribution in [-0.2, 0) is 13.0 Å². The number of anilines is 1. The average Bonchev–Trinajstić information content (AvgIpc) is 2.61. The van der Waals surface area contributed by atoms with E-state index in [1.165, 1.54) is 0 Å². The number of aliphatic hydroxyl groups is 1. The number of nitrogens with one attached hydrogen (secondary N) is 2. The topological polar surface area (TPSA) is 70.6 Å². The standard InChI is InChI=1S/C19H20N2O3/c1-2-12-24-18-5-3-4-17(13-18)21-19(23)20-11-10-15-6-8-16(14-22)9-7-15/h1,3-9,13,22H,10-12,14H2,(H2,20,21,23). The Balaban J connectivity index is 1.77. The van der Waals surface area contributed by atoms with Crippen molar-refractivity contribution in [3.05, 3.63) is 59.7 Å². The van der Waals surface area contributed by atoms with E-state index in [1.54, 1.807) is 24.3 Å². The second-order valence-electron chi connectivity index (χ2n) is 5.13. The first-order valence-electron chi connectivity index (χ1n) is 7.61. The Bertz CT molecular complexity index is 705. The van der Waals surface area contributed by atoms with Crippen molar-refractivity contribution in [2.45, 2.75) is 13.0 Å². The first-order valence-corrected chi connectivity index (χ1v) is 7.61. The lowest BCUT2D eigenvalue weighted by molar-refractivity contribution is 0.252. The highest BCUT2D eigenvalue weighted by Crippen LogP contribution is 2.17. The van der Waals surface area contributed by atoms with E-state index in [4.69, 9.17) is 16.3 Å². The summed E-state index contributed by atoms with van der Waals surface area (Å²) in [6.07, 6.45) is 5.86. The maximum atomic E-state index is 11.9. The monoisotopic (exact) mass is 324 g/mol. The SMILES string of the molecule is C#CCOc1cccc(NC(=O)NCCc2ccc(CO)cc2)c1. The molecule has 2 amide bonds. The number of ether oxygens (including phenoxy) is 1. The minimum atomic E-state index is -0.281. The Morgan fingerprint density at radius 1 is 1.17 bits per heavy atom. The van der Waals surface area contributed by atoms with E-state index < -0.39 is 0 Å². The van der Waals surface area contributed by atoms with E-state index in [9.17, 15) is 4.79 Å². The Morgan fingerprint density at radius 2 is 1.92 bits per heavy atom. The molecule has 0 aromatic heterocycles. The number of rotatable bonds is 7. The summed E-state index contributed by atoms with van der Waals surface area (Å²) in [6.45, 7) is 0.730. The minimum absolute atomic E-state index is 0.0328. The van der Waals surface area contributed by atoms with Gasteiger partial charge in [0.25, 0.3) is 0 Å². The molecule has 24 heavy (non-hydrogen) atoms. The van der Waals surface area contributed by atoms with Crippen LogP contribution in [0.25, 0.3) is 0 Å². The molecule has 0 atom stereocenters. The van der Waals surface area contributed by atoms with Crippen molar-refractivity contribution in [1.82, 2.24) is 5.32 Å². The second kappa shape index (κ2) is 9.23. The highest BCUT2D eigenvalue weighted by atomic mass is 16.5. The lowest BCUT2D eigenvalue weighted by Crippen LogP contribution is -2.30. The molecule has 0 fully saturated rings. The summed E-state index contributed by atoms with van der Waals surface area (Å²) in [7, 11) is 0. The van der Waals surface area contributed by atoms with Crippen molar-refractivity contribution in [1.29, 1.82) is 0 Å². The molecule has 5 nitrogen and oxygen atoms in total. The molecular formula is C19H20N2O3. The third-order valence-electron chi connectivity index (χ3n) is 3.32. The summed E-state index contributed by atoms with van der Waals surface area (Å²) < 4.78 is 5.31. The van der Waals surface area contributed by atoms with Gasteiger partial charge in [0.2, 0.25) is 0 Å². The van der Waals surface area contributed by atoms with Gasteiger partial charge in [-0.25, -0.2) is 4.79 Å². The zero-order valence-electron chi connectivity index (χ0n) is 13.3. The number of carbonyl (C=O) groups is 1. The molecule has 0 aliphatic heterocycles. The first-order chi connectivity index (χ1) is 11.7. The predicted molar refractivity (Wildman–Crippen MR) is 93.9 cm³/mol. The van der Waals surface area contributed by atoms with E-state index >= 15 is 0 Å². The van der Waals surface area contributed by atoms with Crippen LogP contribution >= 0.6 is 0 Å². The maximum absolute atomic E-state index is 11.9. The molecule has 0 bridgehead atoms. The van der Waals surface area contributed by atoms with Gasteiger partial charge in [-0.2, -0.15) is 0 Å². The number of benzene rings is 2. The van der Waals surface area contributed by atoms with Gasteiger partial charge in [-0.15, -0.1) is 6.42 Å². The number of carbonyl (C=O) groups excluding carboxylic acids is 1. The Morgan fingerprint density at radius 3 is 2.62 bits per heavy atom. The van der Waals surface area contributed by atoms with Gasteiger partial charge >= 0.3 is 6.03 Å². The van der Waals surface area contributed by atoms with Crippen LogP contribution in [0.2, 0.25) is 0 Å². The summed E-state index contributed by atoms with van der Waals surface area (Å²) in [6, 6.07) is 14.4. The van der Waals surface area contributed by atoms with Crippen LogP contribution in [-0.4, -0.2) is 24.3 Å². The molecule has 2 aromatic carbocycles. The van der Waals surface area contributed by atoms with Crippen LogP contribution in [0.3, 0.4) is 0 Å². The van der Waals surface area contributed by atoms with Gasteiger partial charge in [0, 0.05) is 18.3 Å². The van der Waals surface area contributed by atoms with Crippen LogP contribution in [0.5, 0.6) is 5.75 Å². The molecular weight excluding hydrogens is 304 g/mol. The van der Waals surface area contributed by atoms with Crippen molar-refractivity contribution in [3.63, 3.8) is 0 Å². The Hall–Kier alpha value is -2.97. The summed E-state index contributed by atoms with van der Waals surface area (Å²) in [5.41, 5.74) is 2.60. The van der Waals surface area contributed by atoms with E-state index in [-0.39, 0.29) is 19.2 Å². The Kier molecular flexibility index (Phi) is 6.69. The molecule has 0 aliphatic rings. The molecule has 3 N–H and O–H groups in total. The molecule has 0 saturated heterocycles. The Labute approximate surface area is 141 Å². The molecule has 0 unspecified atom stereocenters. The predicted octanol–water partition coefficient (Wildman–Crippen LogP) is 2.56. The molecule has 124 valence electrons. The number of hydrogen-bond donors (Lipinski definition) is 3. The van der Waals surface area contributed by atoms with Gasteiger partial charge in [-0.1, -0.05) is 36.3 Å². The van der Waals surface area contributed by atoms with Gasteiger partial charge in [0.1, 0.15) is 12.4 Å². The lowest BCUT2D eigenvalue weighted by Gasteiger charge is -2.09. The zero-order valence-corrected chi connectivity index (χ0v) is 13.3. The smallest absolute Gasteiger partial charge is 0.319 e. The summed E-state index contributed by atoms with van der Waals surface area (Å²) in [5, 5.41) is 14.5. The molecule has 2 aromatic rings. The number of terminal acetylenes is 1. The van der Waals surface area contributed by atoms with Gasteiger partial charge in [0.05, 0.1) is 6.61 Å². The highest BCUT2D eigenvalue weighted by Gasteiger charge is 2.03. The largest absolute Gasteiger partial charge is 0.481 e. The summed E-state index contributed by atoms with van der Waals surface area (Å²) in [5.74, 6) is 3.00. The summed E-state index contributed by atoms with van der Waals surface area (Å²) >= 11 is 0. The molecule has 0 radical (unpaired) electrons. The van der Waals surface area contributed by atoms with Gasteiger partial charge < -0.3 is 20.5 Å². The first kappa shape index (κ1) is 17.4. The molecule has 0 aliphatic carbocycles. The third kappa shape index (κ3) is 5.67. The quantitative estimate of drug-likeness (QED) is 0.686. The lowest BCUT2D eigenvalue weighted by atomic mass is 10.1. The fourth-order valence-electron chi connectivity index (χ4n) is 2.10. The third-order valence-corrected chi connectivity index (χ3v) is 3.32. The maximum Gasteiger partial charge on any atom is 0.319 e. The van der Waals surface area contributed by atoms with E-state index in [0.29, 0.717) is 24.4 Å². The number of urea groups is 1. The molecule has 0 spiro atoms. The van der Waals surface area contributed by atoms with Crippen LogP contribution in [0.4, 0.5) is 10.5 Å². The zero-order chi connectivity index (χ0) is 17.2. The van der Waals surface area contributed by atoms with Crippen molar-refractivity contribution >= 4 is 11.7 Å². The second-order valence-corrected chi connectivity index (χ2v) is 5.13. The van der Waals surface area contributed by atoms with Crippen LogP contribution in [0.15, 0.2) is 48.5 Å². The average molecular weight is 324 g/mol. The van der Waals surface area contributed by atoms with Crippen molar-refractivity contribution in [2.75, 3.05) is 18.5 Å². The van der Waals surface area contributed by atoms with Crippen LogP contribution in [0.1, 0.15) is 11.1 Å². The summed E-state index contributed by atoms with van der Waals surface area (Å²) in [4.78, 5) is 11.9. The number of aliphatic hydroxyl groups excluding tert-OH is 1. The normalized spacial score (nSPS) is 9.83. The highest BCUT2D eigenvalue weighted by molar-refractivity contribution is 5.89. The van der Waals surface area contributed by atoms with Gasteiger partial charge in [-0.3, -0.25) is 0 Å². The molecule has 0 saturated carbocycles. The van der Waals surface area contributed by atoms with Crippen LogP contribution in [0, 0.1) is 12.3 Å². The fourth-order valence-corrected chi connectivity index (χ4v) is 2.10. The van der Waals surface area contributed by atoms with E-state index in [2.05, 4.69) is 16.6 Å². The molecule has 2 rings (SSSR count). The van der Waals surface area contributed by atoms with Gasteiger partial charge in [0.15, 0.2) is 0 Å². The molecule has 5 heteroatoms. The van der Waals surface area contributed by atoms with Crippen molar-refractivity contribution < 1.29 is 14.6 Å². The fraction of sp³-hybridized carbons (Fsp3) is 0.211. The van der Waals surface area contributed by atoms with Crippen LogP contribution < -0.4 is 15.4 Å². The molecule has 0 heterocycles.